The van der Waals surface area contributed by atoms with E-state index in [0.29, 0.717) is 5.02 Å². The number of thiazole rings is 1. The summed E-state index contributed by atoms with van der Waals surface area (Å²) in [7, 11) is 0. The van der Waals surface area contributed by atoms with Crippen molar-refractivity contribution in [3.05, 3.63) is 28.2 Å². The highest BCUT2D eigenvalue weighted by molar-refractivity contribution is 7.16. The van der Waals surface area contributed by atoms with E-state index in [9.17, 15) is 0 Å². The van der Waals surface area contributed by atoms with Crippen LogP contribution in [0.4, 0.5) is 0 Å². The molecule has 2 rings (SSSR count). The largest absolute Gasteiger partial charge is 0.322 e. The Morgan fingerprint density at radius 2 is 2.14 bits per heavy atom. The first-order valence-corrected chi connectivity index (χ1v) is 5.56. The molecule has 4 heteroatoms. The van der Waals surface area contributed by atoms with Gasteiger partial charge in [-0.25, -0.2) is 4.98 Å². The number of hydrogen-bond donors (Lipinski definition) is 1. The molecule has 0 unspecified atom stereocenters. The molecule has 2 nitrogen and oxygen atoms in total. The lowest BCUT2D eigenvalue weighted by Crippen LogP contribution is -2.28. The number of halogens is 1. The number of nitrogens with two attached hydrogens (primary N) is 1. The van der Waals surface area contributed by atoms with Crippen LogP contribution in [0.15, 0.2) is 17.6 Å². The third kappa shape index (κ3) is 1.63. The van der Waals surface area contributed by atoms with Gasteiger partial charge >= 0.3 is 0 Å². The minimum Gasteiger partial charge on any atom is -0.322 e. The molecule has 0 bridgehead atoms. The summed E-state index contributed by atoms with van der Waals surface area (Å²) in [4.78, 5) is 4.19. The molecule has 2 aromatic rings. The van der Waals surface area contributed by atoms with Crippen molar-refractivity contribution in [2.24, 2.45) is 5.73 Å². The monoisotopic (exact) mass is 226 g/mol. The van der Waals surface area contributed by atoms with Crippen LogP contribution in [0.1, 0.15) is 19.4 Å². The lowest BCUT2D eigenvalue weighted by Gasteiger charge is -2.19. The second-order valence-corrected chi connectivity index (χ2v) is 5.17. The van der Waals surface area contributed by atoms with Crippen LogP contribution < -0.4 is 5.73 Å². The molecule has 74 valence electrons. The third-order valence-corrected chi connectivity index (χ3v) is 3.20. The zero-order valence-electron chi connectivity index (χ0n) is 8.04. The van der Waals surface area contributed by atoms with Crippen LogP contribution in [-0.4, -0.2) is 4.98 Å². The van der Waals surface area contributed by atoms with Gasteiger partial charge in [0.05, 0.1) is 20.7 Å². The molecule has 2 N–H and O–H groups in total. The minimum absolute atomic E-state index is 0.359. The first-order valence-electron chi connectivity index (χ1n) is 4.30. The van der Waals surface area contributed by atoms with Crippen LogP contribution in [-0.2, 0) is 5.54 Å². The quantitative estimate of drug-likeness (QED) is 0.812. The van der Waals surface area contributed by atoms with E-state index in [1.54, 1.807) is 16.8 Å². The molecule has 0 fully saturated rings. The lowest BCUT2D eigenvalue weighted by molar-refractivity contribution is 0.555. The molecule has 0 saturated carbocycles. The van der Waals surface area contributed by atoms with Crippen LogP contribution >= 0.6 is 22.9 Å². The Hall–Kier alpha value is -0.640. The molecule has 0 atom stereocenters. The van der Waals surface area contributed by atoms with Gasteiger partial charge in [0, 0.05) is 5.54 Å². The van der Waals surface area contributed by atoms with Gasteiger partial charge in [-0.15, -0.1) is 11.3 Å². The van der Waals surface area contributed by atoms with Crippen LogP contribution in [0, 0.1) is 0 Å². The fourth-order valence-electron chi connectivity index (χ4n) is 1.30. The molecule has 1 aromatic carbocycles. The van der Waals surface area contributed by atoms with Gasteiger partial charge in [-0.05, 0) is 31.5 Å². The van der Waals surface area contributed by atoms with E-state index in [1.807, 2.05) is 19.9 Å². The fraction of sp³-hybridized carbons (Fsp3) is 0.300. The minimum atomic E-state index is -0.359. The number of nitrogens with zero attached hydrogens (tertiary/aromatic N) is 1. The van der Waals surface area contributed by atoms with Crippen LogP contribution in [0.2, 0.25) is 5.02 Å². The lowest BCUT2D eigenvalue weighted by atomic mass is 9.96. The van der Waals surface area contributed by atoms with Gasteiger partial charge < -0.3 is 5.73 Å². The van der Waals surface area contributed by atoms with Crippen LogP contribution in [0.3, 0.4) is 0 Å². The maximum absolute atomic E-state index is 6.10. The Morgan fingerprint density at radius 1 is 1.43 bits per heavy atom. The molecule has 1 heterocycles. The summed E-state index contributed by atoms with van der Waals surface area (Å²) in [6.45, 7) is 3.93. The number of hydrogen-bond acceptors (Lipinski definition) is 3. The fourth-order valence-corrected chi connectivity index (χ4v) is 2.36. The second kappa shape index (κ2) is 3.19. The summed E-state index contributed by atoms with van der Waals surface area (Å²) in [6.07, 6.45) is 0. The van der Waals surface area contributed by atoms with Crippen LogP contribution in [0.25, 0.3) is 10.2 Å². The first kappa shape index (κ1) is 9.90. The zero-order valence-corrected chi connectivity index (χ0v) is 9.62. The van der Waals surface area contributed by atoms with E-state index in [2.05, 4.69) is 11.1 Å². The van der Waals surface area contributed by atoms with Crippen molar-refractivity contribution in [2.75, 3.05) is 0 Å². The van der Waals surface area contributed by atoms with E-state index in [0.717, 1.165) is 15.8 Å². The second-order valence-electron chi connectivity index (χ2n) is 3.88. The Bertz CT molecular complexity index is 470. The maximum Gasteiger partial charge on any atom is 0.0998 e. The highest BCUT2D eigenvalue weighted by atomic mass is 35.5. The Kier molecular flexibility index (Phi) is 2.26. The molecule has 0 radical (unpaired) electrons. The van der Waals surface area contributed by atoms with E-state index in [4.69, 9.17) is 17.3 Å². The van der Waals surface area contributed by atoms with E-state index in [-0.39, 0.29) is 5.54 Å². The van der Waals surface area contributed by atoms with E-state index >= 15 is 0 Å². The van der Waals surface area contributed by atoms with Crippen molar-refractivity contribution < 1.29 is 0 Å². The summed E-state index contributed by atoms with van der Waals surface area (Å²) in [5.41, 5.74) is 9.35. The number of fused-ring (bicyclic) bond motifs is 1. The van der Waals surface area contributed by atoms with Gasteiger partial charge in [-0.1, -0.05) is 11.6 Å². The Labute approximate surface area is 91.7 Å². The van der Waals surface area contributed by atoms with Gasteiger partial charge in [0.1, 0.15) is 0 Å². The first-order chi connectivity index (χ1) is 6.48. The van der Waals surface area contributed by atoms with Crippen molar-refractivity contribution in [1.82, 2.24) is 4.98 Å². The van der Waals surface area contributed by atoms with E-state index in [1.165, 1.54) is 0 Å². The van der Waals surface area contributed by atoms with Crippen molar-refractivity contribution in [3.8, 4) is 0 Å². The molecule has 0 aliphatic rings. The molecule has 1 aromatic heterocycles. The van der Waals surface area contributed by atoms with Crippen molar-refractivity contribution in [3.63, 3.8) is 0 Å². The predicted molar refractivity (Wildman–Crippen MR) is 61.8 cm³/mol. The zero-order chi connectivity index (χ0) is 10.3. The van der Waals surface area contributed by atoms with Crippen molar-refractivity contribution in [2.45, 2.75) is 19.4 Å². The van der Waals surface area contributed by atoms with Gasteiger partial charge in [0.15, 0.2) is 0 Å². The molecule has 0 spiro atoms. The number of aromatic nitrogens is 1. The van der Waals surface area contributed by atoms with Gasteiger partial charge in [0.25, 0.3) is 0 Å². The molecule has 0 aliphatic carbocycles. The summed E-state index contributed by atoms with van der Waals surface area (Å²) in [5, 5.41) is 0.678. The average Bonchev–Trinajstić information content (AvgIpc) is 2.50. The van der Waals surface area contributed by atoms with Gasteiger partial charge in [0.2, 0.25) is 0 Å². The molecular weight excluding hydrogens is 216 g/mol. The number of benzene rings is 1. The van der Waals surface area contributed by atoms with Crippen LogP contribution in [0.5, 0.6) is 0 Å². The maximum atomic E-state index is 6.10. The molecule has 14 heavy (non-hydrogen) atoms. The van der Waals surface area contributed by atoms with Gasteiger partial charge in [-0.2, -0.15) is 0 Å². The SMILES string of the molecule is CC(C)(N)c1cc(Cl)c2ncsc2c1. The van der Waals surface area contributed by atoms with Crippen molar-refractivity contribution in [1.29, 1.82) is 0 Å². The molecular formula is C10H11ClN2S. The molecule has 0 saturated heterocycles. The smallest absolute Gasteiger partial charge is 0.0998 e. The summed E-state index contributed by atoms with van der Waals surface area (Å²) >= 11 is 7.68. The van der Waals surface area contributed by atoms with E-state index < -0.39 is 0 Å². The molecule has 0 amide bonds. The average molecular weight is 227 g/mol. The number of rotatable bonds is 1. The predicted octanol–water partition coefficient (Wildman–Crippen LogP) is 3.14. The third-order valence-electron chi connectivity index (χ3n) is 2.13. The normalized spacial score (nSPS) is 12.3. The topological polar surface area (TPSA) is 38.9 Å². The molecule has 0 aliphatic heterocycles. The Morgan fingerprint density at radius 3 is 2.79 bits per heavy atom. The van der Waals surface area contributed by atoms with Crippen molar-refractivity contribution >= 4 is 33.2 Å². The highest BCUT2D eigenvalue weighted by Gasteiger charge is 2.16. The standard InChI is InChI=1S/C10H11ClN2S/c1-10(2,12)6-3-7(11)9-8(4-6)14-5-13-9/h3-5H,12H2,1-2H3. The highest BCUT2D eigenvalue weighted by Crippen LogP contribution is 2.30. The van der Waals surface area contributed by atoms with Gasteiger partial charge in [-0.3, -0.25) is 0 Å². The summed E-state index contributed by atoms with van der Waals surface area (Å²) in [6, 6.07) is 3.95. The summed E-state index contributed by atoms with van der Waals surface area (Å²) in [5.74, 6) is 0. The summed E-state index contributed by atoms with van der Waals surface area (Å²) < 4.78 is 1.09. The Balaban J connectivity index is 2.70.